The van der Waals surface area contributed by atoms with E-state index in [4.69, 9.17) is 18.9 Å². The van der Waals surface area contributed by atoms with Gasteiger partial charge < -0.3 is 18.9 Å². The van der Waals surface area contributed by atoms with Gasteiger partial charge in [-0.25, -0.2) is 0 Å². The van der Waals surface area contributed by atoms with Crippen molar-refractivity contribution in [2.45, 2.75) is 85.0 Å². The molecule has 2 unspecified atom stereocenters. The number of carbonyl (C=O) groups excluding carboxylic acids is 2. The molecule has 0 heterocycles. The Bertz CT molecular complexity index is 916. The molecule has 39 heavy (non-hydrogen) atoms. The van der Waals surface area contributed by atoms with Crippen molar-refractivity contribution in [3.05, 3.63) is 60.7 Å². The van der Waals surface area contributed by atoms with E-state index in [0.29, 0.717) is 43.5 Å². The molecule has 0 aliphatic heterocycles. The van der Waals surface area contributed by atoms with Crippen molar-refractivity contribution < 1.29 is 28.5 Å². The van der Waals surface area contributed by atoms with Crippen LogP contribution >= 0.6 is 0 Å². The van der Waals surface area contributed by atoms with Crippen molar-refractivity contribution in [1.29, 1.82) is 0 Å². The molecule has 0 aliphatic rings. The minimum Gasteiger partial charge on any atom is -0.427 e. The smallest absolute Gasteiger partial charge is 0.311 e. The number of esters is 2. The van der Waals surface area contributed by atoms with E-state index < -0.39 is 0 Å². The van der Waals surface area contributed by atoms with Gasteiger partial charge in [-0.05, 0) is 61.3 Å². The molecule has 0 fully saturated rings. The van der Waals surface area contributed by atoms with E-state index in [1.165, 1.54) is 0 Å². The Morgan fingerprint density at radius 3 is 1.79 bits per heavy atom. The number of unbranched alkanes of at least 4 members (excludes halogenated alkanes) is 2. The van der Waals surface area contributed by atoms with Gasteiger partial charge in [0.2, 0.25) is 0 Å². The Balaban J connectivity index is 1.39. The number of rotatable bonds is 21. The first kappa shape index (κ1) is 32.5. The molecule has 0 saturated heterocycles. The van der Waals surface area contributed by atoms with Gasteiger partial charge in [-0.2, -0.15) is 0 Å². The van der Waals surface area contributed by atoms with Gasteiger partial charge in [0, 0.05) is 32.8 Å². The number of ether oxygens (including phenoxy) is 4. The first-order valence-corrected chi connectivity index (χ1v) is 14.6. The molecule has 2 aromatic carbocycles. The minimum atomic E-state index is -0.173. The molecule has 2 atom stereocenters. The van der Waals surface area contributed by atoms with Crippen LogP contribution in [0, 0.1) is 11.3 Å². The fourth-order valence-corrected chi connectivity index (χ4v) is 4.36. The summed E-state index contributed by atoms with van der Waals surface area (Å²) in [6.45, 7) is 9.27. The van der Waals surface area contributed by atoms with E-state index >= 15 is 0 Å². The van der Waals surface area contributed by atoms with Crippen LogP contribution in [0.5, 0.6) is 11.5 Å². The molecular weight excluding hydrogens is 492 g/mol. The van der Waals surface area contributed by atoms with Crippen LogP contribution in [0.1, 0.15) is 85.0 Å². The quantitative estimate of drug-likeness (QED) is 0.0914. The first-order chi connectivity index (χ1) is 18.9. The molecule has 0 amide bonds. The van der Waals surface area contributed by atoms with Crippen molar-refractivity contribution in [2.75, 3.05) is 26.4 Å². The van der Waals surface area contributed by atoms with E-state index in [2.05, 4.69) is 20.8 Å². The Labute approximate surface area is 235 Å². The number of hydrogen-bond acceptors (Lipinski definition) is 6. The third-order valence-corrected chi connectivity index (χ3v) is 7.02. The molecule has 0 N–H and O–H groups in total. The van der Waals surface area contributed by atoms with Crippen molar-refractivity contribution in [3.8, 4) is 11.5 Å². The van der Waals surface area contributed by atoms with Crippen LogP contribution in [-0.2, 0) is 19.1 Å². The molecule has 0 spiro atoms. The predicted octanol–water partition coefficient (Wildman–Crippen LogP) is 7.79. The molecule has 0 radical (unpaired) electrons. The van der Waals surface area contributed by atoms with Crippen LogP contribution in [0.3, 0.4) is 0 Å². The van der Waals surface area contributed by atoms with E-state index in [9.17, 15) is 9.59 Å². The average molecular weight is 541 g/mol. The van der Waals surface area contributed by atoms with Crippen LogP contribution in [0.25, 0.3) is 0 Å². The fraction of sp³-hybridized carbons (Fsp3) is 0.576. The highest BCUT2D eigenvalue weighted by atomic mass is 16.5. The zero-order chi connectivity index (χ0) is 28.2. The fourth-order valence-electron chi connectivity index (χ4n) is 4.36. The lowest BCUT2D eigenvalue weighted by Gasteiger charge is -2.27. The van der Waals surface area contributed by atoms with Crippen LogP contribution in [0.4, 0.5) is 0 Å². The van der Waals surface area contributed by atoms with Gasteiger partial charge in [-0.1, -0.05) is 82.9 Å². The second-order valence-electron chi connectivity index (χ2n) is 10.8. The maximum atomic E-state index is 12.4. The number of benzene rings is 2. The first-order valence-electron chi connectivity index (χ1n) is 14.6. The van der Waals surface area contributed by atoms with Crippen molar-refractivity contribution in [2.24, 2.45) is 11.3 Å². The van der Waals surface area contributed by atoms with Crippen LogP contribution in [-0.4, -0.2) is 38.4 Å². The lowest BCUT2D eigenvalue weighted by molar-refractivity contribution is -0.137. The van der Waals surface area contributed by atoms with E-state index in [-0.39, 0.29) is 17.4 Å². The Morgan fingerprint density at radius 2 is 1.23 bits per heavy atom. The standard InChI is InChI=1S/C33H48O6/c1-4-33(3,27-32(35)39-30-19-9-6-10-20-30)21-12-14-23-37-25-15-24-36-22-13-11-16-28(2)26-31(34)38-29-17-7-5-8-18-29/h5-10,17-20,28H,4,11-16,21-27H2,1-3H3. The molecule has 0 aromatic heterocycles. The zero-order valence-electron chi connectivity index (χ0n) is 24.2. The maximum absolute atomic E-state index is 12.4. The van der Waals surface area contributed by atoms with Crippen LogP contribution in [0.15, 0.2) is 60.7 Å². The van der Waals surface area contributed by atoms with Gasteiger partial charge in [-0.3, -0.25) is 9.59 Å². The minimum absolute atomic E-state index is 0.0526. The molecular formula is C33H48O6. The summed E-state index contributed by atoms with van der Waals surface area (Å²) >= 11 is 0. The molecule has 2 aromatic rings. The molecule has 6 heteroatoms. The lowest BCUT2D eigenvalue weighted by atomic mass is 9.79. The van der Waals surface area contributed by atoms with Crippen molar-refractivity contribution in [1.82, 2.24) is 0 Å². The van der Waals surface area contributed by atoms with Gasteiger partial charge in [0.25, 0.3) is 0 Å². The average Bonchev–Trinajstić information content (AvgIpc) is 2.92. The Morgan fingerprint density at radius 1 is 0.718 bits per heavy atom. The highest BCUT2D eigenvalue weighted by molar-refractivity contribution is 5.73. The molecule has 2 rings (SSSR count). The topological polar surface area (TPSA) is 71.1 Å². The van der Waals surface area contributed by atoms with Crippen LogP contribution < -0.4 is 9.47 Å². The molecule has 6 nitrogen and oxygen atoms in total. The molecule has 216 valence electrons. The number of para-hydroxylation sites is 2. The van der Waals surface area contributed by atoms with Gasteiger partial charge >= 0.3 is 11.9 Å². The normalized spacial score (nSPS) is 13.4. The molecule has 0 aliphatic carbocycles. The Kier molecular flexibility index (Phi) is 16.2. The highest BCUT2D eigenvalue weighted by Crippen LogP contribution is 2.32. The summed E-state index contributed by atoms with van der Waals surface area (Å²) in [6, 6.07) is 18.5. The lowest BCUT2D eigenvalue weighted by Crippen LogP contribution is -2.23. The summed E-state index contributed by atoms with van der Waals surface area (Å²) in [5.41, 5.74) is -0.0526. The van der Waals surface area contributed by atoms with E-state index in [0.717, 1.165) is 64.6 Å². The van der Waals surface area contributed by atoms with E-state index in [1.807, 2.05) is 36.4 Å². The van der Waals surface area contributed by atoms with Gasteiger partial charge in [0.05, 0.1) is 6.42 Å². The van der Waals surface area contributed by atoms with Crippen molar-refractivity contribution in [3.63, 3.8) is 0 Å². The summed E-state index contributed by atoms with van der Waals surface area (Å²) in [7, 11) is 0. The predicted molar refractivity (Wildman–Crippen MR) is 155 cm³/mol. The third kappa shape index (κ3) is 15.5. The molecule has 0 saturated carbocycles. The highest BCUT2D eigenvalue weighted by Gasteiger charge is 2.26. The maximum Gasteiger partial charge on any atom is 0.311 e. The number of carbonyl (C=O) groups is 2. The third-order valence-electron chi connectivity index (χ3n) is 7.02. The summed E-state index contributed by atoms with van der Waals surface area (Å²) in [4.78, 5) is 24.4. The second kappa shape index (κ2) is 19.4. The van der Waals surface area contributed by atoms with E-state index in [1.54, 1.807) is 24.3 Å². The SMILES string of the molecule is CCC(C)(CCCCOCCCOCCCCC(C)CC(=O)Oc1ccccc1)CC(=O)Oc1ccccc1. The monoisotopic (exact) mass is 540 g/mol. The summed E-state index contributed by atoms with van der Waals surface area (Å²) in [5, 5.41) is 0. The molecule has 0 bridgehead atoms. The summed E-state index contributed by atoms with van der Waals surface area (Å²) < 4.78 is 22.3. The van der Waals surface area contributed by atoms with Gasteiger partial charge in [0.1, 0.15) is 11.5 Å². The Hall–Kier alpha value is -2.70. The van der Waals surface area contributed by atoms with Crippen molar-refractivity contribution >= 4 is 11.9 Å². The summed E-state index contributed by atoms with van der Waals surface area (Å²) in [5.74, 6) is 1.16. The number of hydrogen-bond donors (Lipinski definition) is 0. The van der Waals surface area contributed by atoms with Gasteiger partial charge in [-0.15, -0.1) is 0 Å². The largest absolute Gasteiger partial charge is 0.427 e. The van der Waals surface area contributed by atoms with Crippen LogP contribution in [0.2, 0.25) is 0 Å². The zero-order valence-corrected chi connectivity index (χ0v) is 24.2. The second-order valence-corrected chi connectivity index (χ2v) is 10.8. The van der Waals surface area contributed by atoms with Gasteiger partial charge in [0.15, 0.2) is 0 Å². The summed E-state index contributed by atoms with van der Waals surface area (Å²) in [6.07, 6.45) is 8.71.